The highest BCUT2D eigenvalue weighted by Crippen LogP contribution is 2.19. The highest BCUT2D eigenvalue weighted by molar-refractivity contribution is 7.14. The van der Waals surface area contributed by atoms with Gasteiger partial charge in [-0.05, 0) is 37.6 Å². The van der Waals surface area contributed by atoms with Gasteiger partial charge < -0.3 is 0 Å². The largest absolute Gasteiger partial charge is 0.295 e. The molecule has 0 fully saturated rings. The van der Waals surface area contributed by atoms with Gasteiger partial charge in [0.05, 0.1) is 11.3 Å². The van der Waals surface area contributed by atoms with Crippen molar-refractivity contribution >= 4 is 34.3 Å². The smallest absolute Gasteiger partial charge is 0.280 e. The second-order valence-electron chi connectivity index (χ2n) is 5.25. The Balaban J connectivity index is 1.90. The lowest BCUT2D eigenvalue weighted by Gasteiger charge is -2.00. The molecule has 0 unspecified atom stereocenters. The first-order valence-corrected chi connectivity index (χ1v) is 8.72. The van der Waals surface area contributed by atoms with Crippen LogP contribution in [0.4, 0.5) is 5.13 Å². The fraction of sp³-hybridized carbons (Fsp3) is 0.250. The van der Waals surface area contributed by atoms with E-state index in [0.29, 0.717) is 21.4 Å². The second kappa shape index (κ2) is 7.11. The Hall–Kier alpha value is -2.25. The standard InChI is InChI=1S/C16H16ClN5OS/c1-3-4-14-19-20-16(24-14)18-9-13-10(2)21-22(15(13)23)12-7-5-11(17)6-8-12/h5-9,21H,3-4H2,1-2H3/b18-9+. The van der Waals surface area contributed by atoms with E-state index >= 15 is 0 Å². The van der Waals surface area contributed by atoms with E-state index in [0.717, 1.165) is 23.5 Å². The molecule has 0 bridgehead atoms. The lowest BCUT2D eigenvalue weighted by atomic mass is 10.3. The number of nitrogens with one attached hydrogen (secondary N) is 1. The van der Waals surface area contributed by atoms with Crippen LogP contribution in [-0.2, 0) is 6.42 Å². The number of rotatable bonds is 5. The van der Waals surface area contributed by atoms with Gasteiger partial charge in [0, 0.05) is 23.4 Å². The van der Waals surface area contributed by atoms with Gasteiger partial charge in [-0.2, -0.15) is 0 Å². The van der Waals surface area contributed by atoms with Gasteiger partial charge in [-0.25, -0.2) is 9.67 Å². The van der Waals surface area contributed by atoms with E-state index in [9.17, 15) is 4.79 Å². The Morgan fingerprint density at radius 2 is 2.08 bits per heavy atom. The van der Waals surface area contributed by atoms with Crippen molar-refractivity contribution in [3.63, 3.8) is 0 Å². The first kappa shape index (κ1) is 16.6. The van der Waals surface area contributed by atoms with Crippen LogP contribution in [0.2, 0.25) is 5.02 Å². The molecule has 3 aromatic rings. The van der Waals surface area contributed by atoms with Crippen LogP contribution in [0.25, 0.3) is 5.69 Å². The maximum absolute atomic E-state index is 12.6. The Kier molecular flexibility index (Phi) is 4.92. The summed E-state index contributed by atoms with van der Waals surface area (Å²) in [6.07, 6.45) is 3.44. The monoisotopic (exact) mass is 361 g/mol. The minimum absolute atomic E-state index is 0.170. The molecule has 0 atom stereocenters. The Morgan fingerprint density at radius 3 is 2.79 bits per heavy atom. The van der Waals surface area contributed by atoms with Crippen LogP contribution in [0.3, 0.4) is 0 Å². The van der Waals surface area contributed by atoms with Crippen molar-refractivity contribution in [3.05, 3.63) is 55.9 Å². The Bertz CT molecular complexity index is 923. The van der Waals surface area contributed by atoms with E-state index in [2.05, 4.69) is 27.2 Å². The van der Waals surface area contributed by atoms with E-state index < -0.39 is 0 Å². The number of hydrogen-bond donors (Lipinski definition) is 1. The molecule has 1 N–H and O–H groups in total. The maximum atomic E-state index is 12.6. The van der Waals surface area contributed by atoms with Crippen LogP contribution in [0, 0.1) is 6.92 Å². The van der Waals surface area contributed by atoms with E-state index in [1.54, 1.807) is 24.3 Å². The summed E-state index contributed by atoms with van der Waals surface area (Å²) in [5.41, 5.74) is 1.78. The lowest BCUT2D eigenvalue weighted by molar-refractivity contribution is 0.835. The normalized spacial score (nSPS) is 11.5. The number of aromatic amines is 1. The fourth-order valence-electron chi connectivity index (χ4n) is 2.22. The topological polar surface area (TPSA) is 75.9 Å². The van der Waals surface area contributed by atoms with Gasteiger partial charge in [0.2, 0.25) is 5.13 Å². The Labute approximate surface area is 147 Å². The molecule has 1 aromatic carbocycles. The summed E-state index contributed by atoms with van der Waals surface area (Å²) in [7, 11) is 0. The number of benzene rings is 1. The van der Waals surface area contributed by atoms with Gasteiger partial charge >= 0.3 is 0 Å². The third-order valence-corrected chi connectivity index (χ3v) is 4.57. The average Bonchev–Trinajstić information content (AvgIpc) is 3.12. The van der Waals surface area contributed by atoms with Crippen molar-refractivity contribution in [2.24, 2.45) is 4.99 Å². The predicted octanol–water partition coefficient (Wildman–Crippen LogP) is 3.68. The number of hydrogen-bond acceptors (Lipinski definition) is 5. The van der Waals surface area contributed by atoms with E-state index in [-0.39, 0.29) is 5.56 Å². The summed E-state index contributed by atoms with van der Waals surface area (Å²) in [5, 5.41) is 13.3. The van der Waals surface area contributed by atoms with Gasteiger partial charge in [0.15, 0.2) is 0 Å². The molecular weight excluding hydrogens is 346 g/mol. The molecule has 0 amide bonds. The number of nitrogens with zero attached hydrogens (tertiary/aromatic N) is 4. The van der Waals surface area contributed by atoms with Crippen molar-refractivity contribution in [1.29, 1.82) is 0 Å². The molecule has 0 aliphatic heterocycles. The molecule has 0 aliphatic carbocycles. The number of aliphatic imine (C=N–C) groups is 1. The molecule has 2 aromatic heterocycles. The molecule has 124 valence electrons. The van der Waals surface area contributed by atoms with Crippen LogP contribution >= 0.6 is 22.9 Å². The van der Waals surface area contributed by atoms with Crippen LogP contribution < -0.4 is 5.56 Å². The highest BCUT2D eigenvalue weighted by atomic mass is 35.5. The third-order valence-electron chi connectivity index (χ3n) is 3.43. The SMILES string of the molecule is CCCc1nnc(/N=C/c2c(C)[nH]n(-c3ccc(Cl)cc3)c2=O)s1. The lowest BCUT2D eigenvalue weighted by Crippen LogP contribution is -2.17. The first-order chi connectivity index (χ1) is 11.6. The predicted molar refractivity (Wildman–Crippen MR) is 97.3 cm³/mol. The summed E-state index contributed by atoms with van der Waals surface area (Å²) in [6, 6.07) is 7.04. The number of aryl methyl sites for hydroxylation is 2. The highest BCUT2D eigenvalue weighted by Gasteiger charge is 2.11. The van der Waals surface area contributed by atoms with Crippen molar-refractivity contribution in [2.75, 3.05) is 0 Å². The molecular formula is C16H16ClN5OS. The molecule has 24 heavy (non-hydrogen) atoms. The second-order valence-corrected chi connectivity index (χ2v) is 6.73. The van der Waals surface area contributed by atoms with Gasteiger partial charge in [-0.15, -0.1) is 10.2 Å². The van der Waals surface area contributed by atoms with E-state index in [1.165, 1.54) is 22.2 Å². The number of halogens is 1. The van der Waals surface area contributed by atoms with Crippen LogP contribution in [0.1, 0.15) is 29.6 Å². The zero-order valence-electron chi connectivity index (χ0n) is 13.3. The van der Waals surface area contributed by atoms with Crippen LogP contribution in [-0.4, -0.2) is 26.2 Å². The van der Waals surface area contributed by atoms with Gasteiger partial charge in [-0.3, -0.25) is 9.89 Å². The summed E-state index contributed by atoms with van der Waals surface area (Å²) in [4.78, 5) is 16.9. The van der Waals surface area contributed by atoms with Gasteiger partial charge in [-0.1, -0.05) is 29.9 Å². The van der Waals surface area contributed by atoms with Crippen molar-refractivity contribution in [3.8, 4) is 5.69 Å². The summed E-state index contributed by atoms with van der Waals surface area (Å²) < 4.78 is 1.47. The molecule has 0 aliphatic rings. The minimum atomic E-state index is -0.170. The van der Waals surface area contributed by atoms with Crippen molar-refractivity contribution < 1.29 is 0 Å². The summed E-state index contributed by atoms with van der Waals surface area (Å²) in [5.74, 6) is 0. The summed E-state index contributed by atoms with van der Waals surface area (Å²) >= 11 is 7.33. The molecule has 3 rings (SSSR count). The molecule has 0 saturated heterocycles. The zero-order valence-corrected chi connectivity index (χ0v) is 14.9. The van der Waals surface area contributed by atoms with E-state index in [1.807, 2.05) is 6.92 Å². The number of H-pyrrole nitrogens is 1. The Morgan fingerprint density at radius 1 is 1.33 bits per heavy atom. The molecule has 0 spiro atoms. The zero-order chi connectivity index (χ0) is 17.1. The average molecular weight is 362 g/mol. The first-order valence-electron chi connectivity index (χ1n) is 7.52. The molecule has 0 saturated carbocycles. The van der Waals surface area contributed by atoms with Gasteiger partial charge in [0.25, 0.3) is 5.56 Å². The summed E-state index contributed by atoms with van der Waals surface area (Å²) in [6.45, 7) is 3.92. The van der Waals surface area contributed by atoms with Gasteiger partial charge in [0.1, 0.15) is 5.01 Å². The van der Waals surface area contributed by atoms with Crippen LogP contribution in [0.5, 0.6) is 0 Å². The molecule has 6 nitrogen and oxygen atoms in total. The van der Waals surface area contributed by atoms with Crippen molar-refractivity contribution in [2.45, 2.75) is 26.7 Å². The fourth-order valence-corrected chi connectivity index (χ4v) is 3.13. The molecule has 2 heterocycles. The maximum Gasteiger partial charge on any atom is 0.280 e. The van der Waals surface area contributed by atoms with E-state index in [4.69, 9.17) is 11.6 Å². The third kappa shape index (κ3) is 3.47. The number of aromatic nitrogens is 4. The quantitative estimate of drug-likeness (QED) is 0.704. The van der Waals surface area contributed by atoms with Crippen LogP contribution in [0.15, 0.2) is 34.1 Å². The molecule has 0 radical (unpaired) electrons. The molecule has 8 heteroatoms. The van der Waals surface area contributed by atoms with Crippen molar-refractivity contribution in [1.82, 2.24) is 20.0 Å². The minimum Gasteiger partial charge on any atom is -0.295 e.